The van der Waals surface area contributed by atoms with Crippen LogP contribution in [0.25, 0.3) is 66.8 Å². The number of non-ortho nitro benzene ring substituents is 3. The fourth-order valence-electron chi connectivity index (χ4n) is 8.72. The first kappa shape index (κ1) is 81.5. The van der Waals surface area contributed by atoms with Crippen LogP contribution in [0.4, 0.5) is 49.1 Å². The number of halogens is 6. The SMILES string of the molecule is FC(F)(F)c1ccc(-c2c(S)c2=S)cc1.FC(F)(F)c1cccc(-c2c(S)c2=S)c1.O=[N+]([O-])c1ccc(-c2c(S)c(=S)c(=S)c2=S)cc1.O=[N+]([O-])c1ccc(-c2c(S)c(=S)c2=S)cc1.O=[N+]([O-])c1cccc(-c2c(S)c(=S)c(=S)c2=S)c1.O=[N+]([O-])c1ccccc1-c1c(S)c(=S)c(=S)c1=S. The number of benzene rings is 6. The molecule has 0 unspecified atom stereocenters. The first-order valence-corrected chi connectivity index (χ1v) is 34.7. The summed E-state index contributed by atoms with van der Waals surface area (Å²) >= 11 is 91.3. The van der Waals surface area contributed by atoms with E-state index in [1.54, 1.807) is 60.7 Å². The number of thiol groups is 6. The van der Waals surface area contributed by atoms with Gasteiger partial charge in [-0.15, -0.1) is 75.8 Å². The van der Waals surface area contributed by atoms with Crippen molar-refractivity contribution in [2.45, 2.75) is 41.7 Å². The van der Waals surface area contributed by atoms with Crippen LogP contribution in [-0.2, 0) is 12.4 Å². The molecule has 0 radical (unpaired) electrons. The highest BCUT2D eigenvalue weighted by molar-refractivity contribution is 7.83. The molecule has 0 fully saturated rings. The molecule has 0 saturated carbocycles. The zero-order chi connectivity index (χ0) is 74.6. The Kier molecular flexibility index (Phi) is 27.5. The lowest BCUT2D eigenvalue weighted by Crippen LogP contribution is -2.04. The molecule has 0 atom stereocenters. The smallest absolute Gasteiger partial charge is 0.258 e. The average Bonchev–Trinajstić information content (AvgIpc) is 1.17. The summed E-state index contributed by atoms with van der Waals surface area (Å²) in [5, 5.41) is 42.8. The van der Waals surface area contributed by atoms with E-state index in [1.807, 2.05) is 0 Å². The molecule has 37 heteroatoms. The van der Waals surface area contributed by atoms with Gasteiger partial charge in [-0.25, -0.2) is 0 Å². The highest BCUT2D eigenvalue weighted by Crippen LogP contribution is 2.44. The van der Waals surface area contributed by atoms with E-state index in [1.165, 1.54) is 60.7 Å². The highest BCUT2D eigenvalue weighted by atomic mass is 32.1. The van der Waals surface area contributed by atoms with Crippen LogP contribution in [-0.4, -0.2) is 19.7 Å². The molecular formula is C63H30F6N4O8S19. The van der Waals surface area contributed by atoms with Gasteiger partial charge in [-0.3, -0.25) is 40.5 Å². The van der Waals surface area contributed by atoms with Gasteiger partial charge < -0.3 is 0 Å². The normalized spacial score (nSPS) is 11.0. The summed E-state index contributed by atoms with van der Waals surface area (Å²) in [6.45, 7) is 0. The molecule has 12 nitrogen and oxygen atoms in total. The Morgan fingerprint density at radius 1 is 0.270 bits per heavy atom. The molecule has 0 bridgehead atoms. The van der Waals surface area contributed by atoms with Gasteiger partial charge in [0.2, 0.25) is 0 Å². The second-order valence-electron chi connectivity index (χ2n) is 20.0. The van der Waals surface area contributed by atoms with Crippen LogP contribution in [0.1, 0.15) is 11.1 Å². The van der Waals surface area contributed by atoms with E-state index in [-0.39, 0.29) is 22.7 Å². The zero-order valence-corrected chi connectivity index (χ0v) is 64.7. The maximum atomic E-state index is 12.4. The number of alkyl halides is 6. The standard InChI is InChI=1S/3C11H5NO2S4.2C10H5F3S2.C10H5NO2S3/c13-12(14)6-3-1-5(2-4-6)7-8(15)10(17)11(18)9(7)16;13-12(14)6-3-1-2-5(4-6)7-8(15)10(17)11(18)9(7)16;13-12(14)6-4-2-1-3-5(6)7-8(15)10(17)11(18)9(7)16;11-10(12,13)6-3-1-5(2-4-6)7-8(14)9(7)15;11-10(12,13)6-3-1-2-5(4-6)7-8(14)9(7)15;12-11(13)6-3-1-5(2-4-6)7-8(14)10(16)9(7)15/h3*1-4,15H;2*1-4,14H;1-4,14H. The van der Waals surface area contributed by atoms with Crippen molar-refractivity contribution in [3.8, 4) is 66.8 Å². The molecule has 0 N–H and O–H groups in total. The molecule has 0 amide bonds. The predicted molar refractivity (Wildman–Crippen MR) is 426 cm³/mol. The van der Waals surface area contributed by atoms with Gasteiger partial charge in [0.05, 0.1) is 95.0 Å². The van der Waals surface area contributed by atoms with Crippen molar-refractivity contribution in [3.63, 3.8) is 0 Å². The second-order valence-corrected chi connectivity index (χ2v) is 28.0. The largest absolute Gasteiger partial charge is 0.416 e. The lowest BCUT2D eigenvalue weighted by molar-refractivity contribution is -0.385. The van der Waals surface area contributed by atoms with Crippen LogP contribution in [0.15, 0.2) is 175 Å². The number of nitrogens with zero attached hydrogens (tertiary/aromatic N) is 4. The third-order valence-corrected chi connectivity index (χ3v) is 23.6. The Labute approximate surface area is 660 Å². The van der Waals surface area contributed by atoms with E-state index in [0.29, 0.717) is 133 Å². The first-order chi connectivity index (χ1) is 46.6. The molecule has 506 valence electrons. The van der Waals surface area contributed by atoms with Crippen LogP contribution >= 0.6 is 235 Å². The minimum atomic E-state index is -4.32. The molecule has 100 heavy (non-hydrogen) atoms. The van der Waals surface area contributed by atoms with Gasteiger partial charge in [-0.05, 0) is 82.4 Å². The molecule has 0 aliphatic carbocycles. The van der Waals surface area contributed by atoms with Gasteiger partial charge in [0.1, 0.15) is 0 Å². The Bertz CT molecular complexity index is 5880. The zero-order valence-electron chi connectivity index (χ0n) is 48.7. The molecule has 0 saturated heterocycles. The Morgan fingerprint density at radius 2 is 0.570 bits per heavy atom. The number of hydrogen-bond donors (Lipinski definition) is 6. The van der Waals surface area contributed by atoms with Crippen molar-refractivity contribution in [2.24, 2.45) is 0 Å². The van der Waals surface area contributed by atoms with Gasteiger partial charge >= 0.3 is 12.4 Å². The van der Waals surface area contributed by atoms with E-state index in [9.17, 15) is 66.8 Å². The summed E-state index contributed by atoms with van der Waals surface area (Å²) in [4.78, 5) is 44.5. The summed E-state index contributed by atoms with van der Waals surface area (Å²) in [6, 6.07) is 34.7. The van der Waals surface area contributed by atoms with Crippen LogP contribution in [0.3, 0.4) is 0 Å². The molecule has 12 aromatic carbocycles. The third-order valence-electron chi connectivity index (χ3n) is 13.8. The maximum Gasteiger partial charge on any atom is 0.416 e. The minimum absolute atomic E-state index is 0.00679. The molecule has 0 spiro atoms. The molecule has 12 aromatic rings. The second kappa shape index (κ2) is 33.8. The molecule has 0 heterocycles. The fraction of sp³-hybridized carbons (Fsp3) is 0.0317. The molecule has 0 aromatic heterocycles. The quantitative estimate of drug-likeness (QED) is 0.0251. The van der Waals surface area contributed by atoms with E-state index in [0.717, 1.165) is 46.5 Å². The van der Waals surface area contributed by atoms with Crippen LogP contribution in [0.2, 0.25) is 0 Å². The number of rotatable bonds is 10. The van der Waals surface area contributed by atoms with Gasteiger partial charge in [0, 0.05) is 105 Å². The van der Waals surface area contributed by atoms with E-state index < -0.39 is 43.2 Å². The maximum absolute atomic E-state index is 12.4. The number of nitro groups is 4. The van der Waals surface area contributed by atoms with Crippen LogP contribution in [0, 0.1) is 99.1 Å². The third kappa shape index (κ3) is 18.6. The van der Waals surface area contributed by atoms with Crippen molar-refractivity contribution in [1.29, 1.82) is 0 Å². The lowest BCUT2D eigenvalue weighted by atomic mass is 10.0. The van der Waals surface area contributed by atoms with E-state index in [2.05, 4.69) is 75.8 Å². The predicted octanol–water partition coefficient (Wildman–Crippen LogP) is 26.3. The van der Waals surface area contributed by atoms with Gasteiger partial charge in [0.15, 0.2) is 0 Å². The van der Waals surface area contributed by atoms with Crippen molar-refractivity contribution in [3.05, 3.63) is 256 Å². The van der Waals surface area contributed by atoms with Crippen molar-refractivity contribution in [2.75, 3.05) is 0 Å². The lowest BCUT2D eigenvalue weighted by Gasteiger charge is -2.09. The molecule has 0 aliphatic heterocycles. The van der Waals surface area contributed by atoms with Gasteiger partial charge in [-0.1, -0.05) is 207 Å². The Hall–Kier alpha value is -5.79. The van der Waals surface area contributed by atoms with Crippen LogP contribution < -0.4 is 0 Å². The average molecular weight is 1690 g/mol. The first-order valence-electron chi connectivity index (χ1n) is 26.7. The van der Waals surface area contributed by atoms with E-state index in [4.69, 9.17) is 159 Å². The monoisotopic (exact) mass is 1690 g/mol. The topological polar surface area (TPSA) is 173 Å². The number of nitro benzene ring substituents is 4. The Morgan fingerprint density at radius 3 is 0.910 bits per heavy atom. The van der Waals surface area contributed by atoms with Gasteiger partial charge in [0.25, 0.3) is 22.7 Å². The fourth-order valence-corrected chi connectivity index (χ4v) is 14.9. The summed E-state index contributed by atoms with van der Waals surface area (Å²) in [5.74, 6) is 0. The van der Waals surface area contributed by atoms with E-state index >= 15 is 0 Å². The summed E-state index contributed by atoms with van der Waals surface area (Å²) < 4.78 is 80.0. The minimum Gasteiger partial charge on any atom is -0.258 e. The number of hydrogen-bond acceptors (Lipinski definition) is 27. The summed E-state index contributed by atoms with van der Waals surface area (Å²) in [7, 11) is 0. The van der Waals surface area contributed by atoms with Crippen LogP contribution in [0.5, 0.6) is 0 Å². The van der Waals surface area contributed by atoms with Crippen molar-refractivity contribution < 1.29 is 46.0 Å². The molecule has 0 aliphatic rings. The highest BCUT2D eigenvalue weighted by Gasteiger charge is 2.32. The molecular weight excluding hydrogens is 1660 g/mol. The number of para-hydroxylation sites is 1. The summed E-state index contributed by atoms with van der Waals surface area (Å²) in [6.07, 6.45) is -8.61. The molecule has 12 rings (SSSR count). The summed E-state index contributed by atoms with van der Waals surface area (Å²) in [5.41, 5.74) is 6.46. The van der Waals surface area contributed by atoms with Gasteiger partial charge in [-0.2, -0.15) is 26.3 Å². The van der Waals surface area contributed by atoms with Crippen molar-refractivity contribution >= 4 is 257 Å². The van der Waals surface area contributed by atoms with Crippen molar-refractivity contribution in [1.82, 2.24) is 0 Å². The Balaban J connectivity index is 0.000000169.